The van der Waals surface area contributed by atoms with Crippen molar-refractivity contribution in [1.82, 2.24) is 15.3 Å². The first-order valence-corrected chi connectivity index (χ1v) is 9.91. The van der Waals surface area contributed by atoms with Gasteiger partial charge in [-0.25, -0.2) is 14.4 Å². The van der Waals surface area contributed by atoms with Gasteiger partial charge in [0, 0.05) is 43.8 Å². The molecule has 0 spiro atoms. The van der Waals surface area contributed by atoms with Crippen molar-refractivity contribution < 1.29 is 13.9 Å². The third-order valence-electron chi connectivity index (χ3n) is 5.49. The first-order valence-electron chi connectivity index (χ1n) is 9.91. The van der Waals surface area contributed by atoms with Crippen LogP contribution in [0.2, 0.25) is 0 Å². The average molecular weight is 384 g/mol. The van der Waals surface area contributed by atoms with Gasteiger partial charge in [-0.1, -0.05) is 12.1 Å². The van der Waals surface area contributed by atoms with E-state index in [2.05, 4.69) is 20.2 Å². The molecule has 3 heterocycles. The summed E-state index contributed by atoms with van der Waals surface area (Å²) in [6, 6.07) is 8.27. The number of nitrogens with zero attached hydrogens (tertiary/aromatic N) is 3. The minimum atomic E-state index is -0.285. The highest BCUT2D eigenvalue weighted by Crippen LogP contribution is 2.25. The highest BCUT2D eigenvalue weighted by molar-refractivity contribution is 5.79. The highest BCUT2D eigenvalue weighted by atomic mass is 19.1. The number of hydrogen-bond donors (Lipinski definition) is 1. The van der Waals surface area contributed by atoms with E-state index in [1.165, 1.54) is 18.5 Å². The lowest BCUT2D eigenvalue weighted by Crippen LogP contribution is -2.42. The van der Waals surface area contributed by atoms with Crippen LogP contribution in [0.25, 0.3) is 11.3 Å². The van der Waals surface area contributed by atoms with E-state index in [0.29, 0.717) is 12.2 Å². The van der Waals surface area contributed by atoms with Crippen LogP contribution in [0, 0.1) is 11.7 Å². The maximum absolute atomic E-state index is 13.5. The Morgan fingerprint density at radius 1 is 1.21 bits per heavy atom. The summed E-state index contributed by atoms with van der Waals surface area (Å²) in [5, 5.41) is 3.04. The van der Waals surface area contributed by atoms with Crippen LogP contribution in [0.15, 0.2) is 36.7 Å². The van der Waals surface area contributed by atoms with Gasteiger partial charge < -0.3 is 15.0 Å². The second kappa shape index (κ2) is 8.65. The number of carbonyl (C=O) groups is 1. The van der Waals surface area contributed by atoms with E-state index in [-0.39, 0.29) is 23.7 Å². The molecule has 0 radical (unpaired) electrons. The van der Waals surface area contributed by atoms with Crippen molar-refractivity contribution in [3.63, 3.8) is 0 Å². The second-order valence-corrected chi connectivity index (χ2v) is 7.41. The van der Waals surface area contributed by atoms with Crippen molar-refractivity contribution in [1.29, 1.82) is 0 Å². The van der Waals surface area contributed by atoms with Gasteiger partial charge in [-0.05, 0) is 37.8 Å². The van der Waals surface area contributed by atoms with Gasteiger partial charge in [-0.15, -0.1) is 0 Å². The van der Waals surface area contributed by atoms with Gasteiger partial charge in [0.1, 0.15) is 18.0 Å². The average Bonchev–Trinajstić information content (AvgIpc) is 3.26. The summed E-state index contributed by atoms with van der Waals surface area (Å²) in [5.74, 6) is 0.681. The van der Waals surface area contributed by atoms with Crippen LogP contribution < -0.4 is 10.2 Å². The molecular formula is C21H25FN4O2. The number of carbonyl (C=O) groups excluding carboxylic acids is 1. The number of rotatable bonds is 5. The van der Waals surface area contributed by atoms with E-state index in [1.54, 1.807) is 6.07 Å². The summed E-state index contributed by atoms with van der Waals surface area (Å²) in [6.07, 6.45) is 5.37. The zero-order valence-electron chi connectivity index (χ0n) is 15.8. The zero-order valence-corrected chi connectivity index (χ0v) is 15.8. The Balaban J connectivity index is 1.33. The monoisotopic (exact) mass is 384 g/mol. The van der Waals surface area contributed by atoms with Gasteiger partial charge in [-0.3, -0.25) is 4.79 Å². The maximum atomic E-state index is 13.5. The lowest BCUT2D eigenvalue weighted by Gasteiger charge is -2.32. The number of benzene rings is 1. The number of amides is 1. The number of anilines is 1. The van der Waals surface area contributed by atoms with Crippen molar-refractivity contribution in [2.75, 3.05) is 31.1 Å². The van der Waals surface area contributed by atoms with Crippen molar-refractivity contribution in [2.24, 2.45) is 5.92 Å². The summed E-state index contributed by atoms with van der Waals surface area (Å²) in [6.45, 7) is 2.94. The predicted molar refractivity (Wildman–Crippen MR) is 104 cm³/mol. The molecule has 1 aromatic carbocycles. The first kappa shape index (κ1) is 18.8. The standard InChI is InChI=1S/C21H25FN4O2/c22-17-4-1-3-16(11-17)19-12-20(25-14-24-19)26-8-6-15(7-9-26)21(27)23-13-18-5-2-10-28-18/h1,3-4,11-12,14-15,18H,2,5-10,13H2,(H,23,27)/t18-/m1/s1. The minimum Gasteiger partial charge on any atom is -0.376 e. The molecular weight excluding hydrogens is 359 g/mol. The SMILES string of the molecule is O=C(NC[C@H]1CCCO1)C1CCN(c2cc(-c3cccc(F)c3)ncn2)CC1. The van der Waals surface area contributed by atoms with E-state index in [1.807, 2.05) is 12.1 Å². The van der Waals surface area contributed by atoms with Crippen LogP contribution in [0.3, 0.4) is 0 Å². The van der Waals surface area contributed by atoms with Crippen LogP contribution in [-0.2, 0) is 9.53 Å². The van der Waals surface area contributed by atoms with Crippen LogP contribution in [0.4, 0.5) is 10.2 Å². The highest BCUT2D eigenvalue weighted by Gasteiger charge is 2.26. The normalized spacial score (nSPS) is 20.3. The lowest BCUT2D eigenvalue weighted by molar-refractivity contribution is -0.126. The Labute approximate surface area is 164 Å². The number of piperidine rings is 1. The summed E-state index contributed by atoms with van der Waals surface area (Å²) in [5.41, 5.74) is 1.42. The fourth-order valence-electron chi connectivity index (χ4n) is 3.86. The summed E-state index contributed by atoms with van der Waals surface area (Å²) in [7, 11) is 0. The van der Waals surface area contributed by atoms with Crippen LogP contribution in [0.1, 0.15) is 25.7 Å². The van der Waals surface area contributed by atoms with Crippen molar-refractivity contribution in [2.45, 2.75) is 31.8 Å². The molecule has 0 bridgehead atoms. The largest absolute Gasteiger partial charge is 0.376 e. The van der Waals surface area contributed by atoms with Gasteiger partial charge in [0.05, 0.1) is 11.8 Å². The molecule has 4 rings (SSSR count). The maximum Gasteiger partial charge on any atom is 0.223 e. The molecule has 148 valence electrons. The molecule has 1 aromatic heterocycles. The van der Waals surface area contributed by atoms with Crippen LogP contribution in [-0.4, -0.2) is 48.2 Å². The van der Waals surface area contributed by atoms with Gasteiger partial charge in [-0.2, -0.15) is 0 Å². The summed E-state index contributed by atoms with van der Waals surface area (Å²) < 4.78 is 19.0. The van der Waals surface area contributed by atoms with Gasteiger partial charge in [0.15, 0.2) is 0 Å². The Kier molecular flexibility index (Phi) is 5.81. The van der Waals surface area contributed by atoms with E-state index >= 15 is 0 Å². The van der Waals surface area contributed by atoms with Crippen molar-refractivity contribution in [3.05, 3.63) is 42.5 Å². The molecule has 7 heteroatoms. The summed E-state index contributed by atoms with van der Waals surface area (Å²) in [4.78, 5) is 23.2. The summed E-state index contributed by atoms with van der Waals surface area (Å²) >= 11 is 0. The first-order chi connectivity index (χ1) is 13.7. The molecule has 28 heavy (non-hydrogen) atoms. The van der Waals surface area contributed by atoms with Crippen molar-refractivity contribution in [3.8, 4) is 11.3 Å². The predicted octanol–water partition coefficient (Wildman–Crippen LogP) is 2.79. The third-order valence-corrected chi connectivity index (χ3v) is 5.49. The van der Waals surface area contributed by atoms with E-state index in [9.17, 15) is 9.18 Å². The Morgan fingerprint density at radius 3 is 2.82 bits per heavy atom. The number of ether oxygens (including phenoxy) is 1. The molecule has 2 aliphatic rings. The Bertz CT molecular complexity index is 818. The van der Waals surface area contributed by atoms with Crippen LogP contribution in [0.5, 0.6) is 0 Å². The lowest BCUT2D eigenvalue weighted by atomic mass is 9.95. The fourth-order valence-corrected chi connectivity index (χ4v) is 3.86. The molecule has 0 unspecified atom stereocenters. The van der Waals surface area contributed by atoms with E-state index in [0.717, 1.165) is 56.8 Å². The number of aromatic nitrogens is 2. The molecule has 1 N–H and O–H groups in total. The number of hydrogen-bond acceptors (Lipinski definition) is 5. The fraction of sp³-hybridized carbons (Fsp3) is 0.476. The molecule has 2 saturated heterocycles. The third kappa shape index (κ3) is 4.47. The molecule has 6 nitrogen and oxygen atoms in total. The molecule has 0 saturated carbocycles. The molecule has 2 aliphatic heterocycles. The topological polar surface area (TPSA) is 67.3 Å². The molecule has 0 aliphatic carbocycles. The Morgan fingerprint density at radius 2 is 2.07 bits per heavy atom. The molecule has 1 amide bonds. The van der Waals surface area contributed by atoms with Gasteiger partial charge >= 0.3 is 0 Å². The molecule has 2 aromatic rings. The molecule has 1 atom stereocenters. The van der Waals surface area contributed by atoms with Gasteiger partial charge in [0.2, 0.25) is 5.91 Å². The Hall–Kier alpha value is -2.54. The van der Waals surface area contributed by atoms with Gasteiger partial charge in [0.25, 0.3) is 0 Å². The minimum absolute atomic E-state index is 0.0298. The smallest absolute Gasteiger partial charge is 0.223 e. The number of halogens is 1. The van der Waals surface area contributed by atoms with E-state index < -0.39 is 0 Å². The van der Waals surface area contributed by atoms with Crippen molar-refractivity contribution >= 4 is 11.7 Å². The second-order valence-electron chi connectivity index (χ2n) is 7.41. The number of nitrogens with one attached hydrogen (secondary N) is 1. The van der Waals surface area contributed by atoms with E-state index in [4.69, 9.17) is 4.74 Å². The van der Waals surface area contributed by atoms with Crippen LogP contribution >= 0.6 is 0 Å². The quantitative estimate of drug-likeness (QED) is 0.859. The zero-order chi connectivity index (χ0) is 19.3. The molecule has 2 fully saturated rings.